The van der Waals surface area contributed by atoms with E-state index >= 15 is 0 Å². The van der Waals surface area contributed by atoms with Gasteiger partial charge in [0.15, 0.2) is 5.69 Å². The highest BCUT2D eigenvalue weighted by atomic mass is 79.9. The molecule has 1 amide bonds. The minimum absolute atomic E-state index is 0.151. The minimum Gasteiger partial charge on any atom is -0.324 e. The Kier molecular flexibility index (Phi) is 5.37. The van der Waals surface area contributed by atoms with Crippen molar-refractivity contribution in [2.24, 2.45) is 0 Å². The van der Waals surface area contributed by atoms with E-state index in [9.17, 15) is 18.0 Å². The number of hydrogen-bond acceptors (Lipinski definition) is 2. The molecule has 2 aromatic rings. The van der Waals surface area contributed by atoms with Crippen molar-refractivity contribution in [3.8, 4) is 0 Å². The van der Waals surface area contributed by atoms with Crippen LogP contribution in [0, 0.1) is 6.92 Å². The molecule has 0 radical (unpaired) electrons. The van der Waals surface area contributed by atoms with Crippen LogP contribution in [-0.4, -0.2) is 15.7 Å². The van der Waals surface area contributed by atoms with Crippen molar-refractivity contribution in [1.82, 2.24) is 9.78 Å². The van der Waals surface area contributed by atoms with Gasteiger partial charge in [0.25, 0.3) is 0 Å². The number of carbonyl (C=O) groups is 1. The van der Waals surface area contributed by atoms with Gasteiger partial charge in [-0.1, -0.05) is 19.1 Å². The second-order valence-corrected chi connectivity index (χ2v) is 6.20. The zero-order valence-corrected chi connectivity index (χ0v) is 15.0. The van der Waals surface area contributed by atoms with Crippen molar-refractivity contribution in [2.75, 3.05) is 5.32 Å². The Bertz CT molecular complexity index is 738. The number of amides is 1. The summed E-state index contributed by atoms with van der Waals surface area (Å²) in [6.07, 6.45) is -3.70. The van der Waals surface area contributed by atoms with Gasteiger partial charge in [-0.15, -0.1) is 0 Å². The number of nitrogens with one attached hydrogen (secondary N) is 1. The van der Waals surface area contributed by atoms with Crippen LogP contribution in [0.5, 0.6) is 0 Å². The zero-order valence-electron chi connectivity index (χ0n) is 13.4. The number of hydrogen-bond donors (Lipinski definition) is 1. The topological polar surface area (TPSA) is 46.9 Å². The average molecular weight is 404 g/mol. The molecule has 0 aliphatic heterocycles. The maximum atomic E-state index is 12.9. The summed E-state index contributed by atoms with van der Waals surface area (Å²) in [5, 5.41) is 6.24. The van der Waals surface area contributed by atoms with E-state index in [1.165, 1.54) is 13.8 Å². The first kappa shape index (κ1) is 18.5. The van der Waals surface area contributed by atoms with Crippen LogP contribution in [0.3, 0.4) is 0 Å². The molecule has 0 spiro atoms. The lowest BCUT2D eigenvalue weighted by Gasteiger charge is -2.15. The summed E-state index contributed by atoms with van der Waals surface area (Å²) >= 11 is 2.90. The highest BCUT2D eigenvalue weighted by molar-refractivity contribution is 9.10. The summed E-state index contributed by atoms with van der Waals surface area (Å²) in [5.74, 6) is -0.439. The van der Waals surface area contributed by atoms with Gasteiger partial charge in [0.1, 0.15) is 6.04 Å². The van der Waals surface area contributed by atoms with Crippen LogP contribution in [0.15, 0.2) is 28.7 Å². The van der Waals surface area contributed by atoms with E-state index < -0.39 is 23.8 Å². The molecule has 0 saturated carbocycles. The number of halogens is 4. The Balaban J connectivity index is 2.21. The van der Waals surface area contributed by atoms with Gasteiger partial charge in [0.2, 0.25) is 5.91 Å². The molecule has 1 atom stereocenters. The maximum absolute atomic E-state index is 12.9. The van der Waals surface area contributed by atoms with Crippen LogP contribution >= 0.6 is 15.9 Å². The van der Waals surface area contributed by atoms with Crippen molar-refractivity contribution >= 4 is 27.5 Å². The van der Waals surface area contributed by atoms with Crippen molar-refractivity contribution in [2.45, 2.75) is 39.4 Å². The molecule has 1 aromatic carbocycles. The predicted octanol–water partition coefficient (Wildman–Crippen LogP) is 4.73. The van der Waals surface area contributed by atoms with Gasteiger partial charge < -0.3 is 5.32 Å². The number of aryl methyl sites for hydroxylation is 1. The highest BCUT2D eigenvalue weighted by Gasteiger charge is 2.38. The smallest absolute Gasteiger partial charge is 0.324 e. The van der Waals surface area contributed by atoms with Crippen LogP contribution in [-0.2, 0) is 17.4 Å². The fraction of sp³-hybridized carbons (Fsp3) is 0.375. The molecule has 0 aliphatic carbocycles. The van der Waals surface area contributed by atoms with Crippen molar-refractivity contribution in [3.63, 3.8) is 0 Å². The normalized spacial score (nSPS) is 13.0. The lowest BCUT2D eigenvalue weighted by molar-refractivity contribution is -0.142. The lowest BCUT2D eigenvalue weighted by Crippen LogP contribution is -2.25. The van der Waals surface area contributed by atoms with E-state index in [4.69, 9.17) is 0 Å². The summed E-state index contributed by atoms with van der Waals surface area (Å²) in [4.78, 5) is 12.3. The van der Waals surface area contributed by atoms with Gasteiger partial charge in [-0.25, -0.2) is 0 Å². The van der Waals surface area contributed by atoms with Crippen molar-refractivity contribution in [1.29, 1.82) is 0 Å². The third-order valence-electron chi connectivity index (χ3n) is 3.72. The number of alkyl halides is 3. The summed E-state index contributed by atoms with van der Waals surface area (Å²) < 4.78 is 39.7. The monoisotopic (exact) mass is 403 g/mol. The van der Waals surface area contributed by atoms with E-state index in [0.717, 1.165) is 16.7 Å². The molecule has 1 heterocycles. The average Bonchev–Trinajstić information content (AvgIpc) is 2.83. The Morgan fingerprint density at radius 3 is 2.38 bits per heavy atom. The van der Waals surface area contributed by atoms with Crippen LogP contribution in [0.4, 0.5) is 18.9 Å². The van der Waals surface area contributed by atoms with E-state index in [2.05, 4.69) is 26.3 Å². The van der Waals surface area contributed by atoms with E-state index in [1.54, 1.807) is 12.1 Å². The van der Waals surface area contributed by atoms with Gasteiger partial charge in [-0.05, 0) is 53.9 Å². The molecule has 1 N–H and O–H groups in total. The van der Waals surface area contributed by atoms with E-state index in [1.807, 2.05) is 19.1 Å². The summed E-state index contributed by atoms with van der Waals surface area (Å²) in [6.45, 7) is 5.00. The second-order valence-electron chi connectivity index (χ2n) is 5.41. The predicted molar refractivity (Wildman–Crippen MR) is 88.8 cm³/mol. The number of rotatable bonds is 4. The first-order valence-electron chi connectivity index (χ1n) is 7.36. The van der Waals surface area contributed by atoms with Gasteiger partial charge in [-0.3, -0.25) is 9.48 Å². The third-order valence-corrected chi connectivity index (χ3v) is 4.67. The molecular weight excluding hydrogens is 387 g/mol. The van der Waals surface area contributed by atoms with Crippen LogP contribution in [0.25, 0.3) is 0 Å². The molecule has 0 bridgehead atoms. The number of nitrogens with zero attached hydrogens (tertiary/aromatic N) is 2. The second kappa shape index (κ2) is 6.96. The largest absolute Gasteiger partial charge is 0.436 e. The number of aromatic nitrogens is 2. The summed E-state index contributed by atoms with van der Waals surface area (Å²) in [7, 11) is 0. The molecule has 0 aliphatic rings. The molecule has 0 saturated heterocycles. The molecule has 8 heteroatoms. The molecule has 2 rings (SSSR count). The SMILES string of the molecule is CCc1ccc(NC(=O)C(C)n2nc(C(F)(F)F)c(Br)c2C)cc1. The van der Waals surface area contributed by atoms with Crippen molar-refractivity contribution < 1.29 is 18.0 Å². The summed E-state index contributed by atoms with van der Waals surface area (Å²) in [6, 6.07) is 6.41. The highest BCUT2D eigenvalue weighted by Crippen LogP contribution is 2.36. The van der Waals surface area contributed by atoms with Gasteiger partial charge in [0, 0.05) is 5.69 Å². The minimum atomic E-state index is -4.58. The van der Waals surface area contributed by atoms with Crippen LogP contribution in [0.2, 0.25) is 0 Å². The number of anilines is 1. The molecule has 1 unspecified atom stereocenters. The molecular formula is C16H17BrF3N3O. The first-order valence-corrected chi connectivity index (χ1v) is 8.16. The number of benzene rings is 1. The lowest BCUT2D eigenvalue weighted by atomic mass is 10.1. The quantitative estimate of drug-likeness (QED) is 0.801. The van der Waals surface area contributed by atoms with Gasteiger partial charge in [-0.2, -0.15) is 18.3 Å². The zero-order chi connectivity index (χ0) is 18.1. The van der Waals surface area contributed by atoms with Crippen LogP contribution in [0.1, 0.15) is 36.8 Å². The molecule has 130 valence electrons. The Labute approximate surface area is 146 Å². The van der Waals surface area contributed by atoms with Gasteiger partial charge in [0.05, 0.1) is 10.2 Å². The Morgan fingerprint density at radius 2 is 1.92 bits per heavy atom. The number of carbonyl (C=O) groups excluding carboxylic acids is 1. The maximum Gasteiger partial charge on any atom is 0.436 e. The van der Waals surface area contributed by atoms with E-state index in [-0.39, 0.29) is 10.2 Å². The molecule has 24 heavy (non-hydrogen) atoms. The Morgan fingerprint density at radius 1 is 1.33 bits per heavy atom. The van der Waals surface area contributed by atoms with Gasteiger partial charge >= 0.3 is 6.18 Å². The third kappa shape index (κ3) is 3.80. The Hall–Kier alpha value is -1.83. The van der Waals surface area contributed by atoms with Crippen molar-refractivity contribution in [3.05, 3.63) is 45.7 Å². The standard InChI is InChI=1S/C16H17BrF3N3O/c1-4-11-5-7-12(8-6-11)21-15(24)10(3)23-9(2)13(17)14(22-23)16(18,19)20/h5-8,10H,4H2,1-3H3,(H,21,24). The molecule has 0 fully saturated rings. The fourth-order valence-electron chi connectivity index (χ4n) is 2.24. The molecule has 1 aromatic heterocycles. The van der Waals surface area contributed by atoms with E-state index in [0.29, 0.717) is 5.69 Å². The van der Waals surface area contributed by atoms with Crippen LogP contribution < -0.4 is 5.32 Å². The molecule has 4 nitrogen and oxygen atoms in total. The fourth-order valence-corrected chi connectivity index (χ4v) is 2.72. The summed E-state index contributed by atoms with van der Waals surface area (Å²) in [5.41, 5.74) is 0.921. The first-order chi connectivity index (χ1) is 11.1.